The van der Waals surface area contributed by atoms with Crippen molar-refractivity contribution in [3.05, 3.63) is 21.4 Å². The Kier molecular flexibility index (Phi) is 3.75. The number of thiophene rings is 1. The Morgan fingerprint density at radius 2 is 2.22 bits per heavy atom. The number of nitrogens with zero attached hydrogens (tertiary/aromatic N) is 1. The minimum atomic E-state index is -0.904. The standard InChI is InChI=1S/C13H19NO3S/c1-9-4-11(10(2)18-9)5-14-7-13(3,8-14)17-6-12(15)16/h4H,5-8H2,1-3H3,(H,15,16). The van der Waals surface area contributed by atoms with Gasteiger partial charge in [-0.1, -0.05) is 0 Å². The first-order valence-electron chi connectivity index (χ1n) is 6.02. The molecule has 5 heteroatoms. The van der Waals surface area contributed by atoms with Crippen LogP contribution in [-0.2, 0) is 16.1 Å². The van der Waals surface area contributed by atoms with Gasteiger partial charge in [0.15, 0.2) is 0 Å². The summed E-state index contributed by atoms with van der Waals surface area (Å²) >= 11 is 1.82. The molecule has 0 unspecified atom stereocenters. The first-order chi connectivity index (χ1) is 8.38. The Balaban J connectivity index is 1.82. The number of rotatable bonds is 5. The number of hydrogen-bond donors (Lipinski definition) is 1. The third-order valence-electron chi connectivity index (χ3n) is 3.20. The molecule has 0 bridgehead atoms. The molecule has 0 radical (unpaired) electrons. The van der Waals surface area contributed by atoms with Gasteiger partial charge in [-0.2, -0.15) is 0 Å². The highest BCUT2D eigenvalue weighted by molar-refractivity contribution is 7.12. The fourth-order valence-electron chi connectivity index (χ4n) is 2.42. The van der Waals surface area contributed by atoms with Crippen molar-refractivity contribution < 1.29 is 14.6 Å². The normalized spacial score (nSPS) is 18.6. The predicted molar refractivity (Wildman–Crippen MR) is 71.1 cm³/mol. The summed E-state index contributed by atoms with van der Waals surface area (Å²) in [6.45, 7) is 8.56. The molecule has 0 atom stereocenters. The van der Waals surface area contributed by atoms with Crippen LogP contribution in [0.25, 0.3) is 0 Å². The van der Waals surface area contributed by atoms with Crippen molar-refractivity contribution in [3.63, 3.8) is 0 Å². The van der Waals surface area contributed by atoms with E-state index in [1.54, 1.807) is 0 Å². The van der Waals surface area contributed by atoms with Gasteiger partial charge in [-0.25, -0.2) is 4.79 Å². The van der Waals surface area contributed by atoms with Crippen molar-refractivity contribution in [1.82, 2.24) is 4.90 Å². The van der Waals surface area contributed by atoms with E-state index in [0.717, 1.165) is 19.6 Å². The van der Waals surface area contributed by atoms with E-state index in [2.05, 4.69) is 24.8 Å². The lowest BCUT2D eigenvalue weighted by molar-refractivity contribution is -0.165. The molecule has 1 fully saturated rings. The Labute approximate surface area is 111 Å². The summed E-state index contributed by atoms with van der Waals surface area (Å²) in [6.07, 6.45) is 0. The van der Waals surface area contributed by atoms with E-state index >= 15 is 0 Å². The van der Waals surface area contributed by atoms with Gasteiger partial charge in [0.05, 0.1) is 5.60 Å². The lowest BCUT2D eigenvalue weighted by Crippen LogP contribution is -2.61. The molecule has 2 rings (SSSR count). The van der Waals surface area contributed by atoms with Crippen LogP contribution in [0.15, 0.2) is 6.07 Å². The van der Waals surface area contributed by atoms with E-state index in [1.165, 1.54) is 15.3 Å². The molecule has 0 amide bonds. The molecule has 100 valence electrons. The number of ether oxygens (including phenoxy) is 1. The zero-order chi connectivity index (χ0) is 13.3. The van der Waals surface area contributed by atoms with Crippen LogP contribution in [0.5, 0.6) is 0 Å². The number of hydrogen-bond acceptors (Lipinski definition) is 4. The van der Waals surface area contributed by atoms with Gasteiger partial charge >= 0.3 is 5.97 Å². The van der Waals surface area contributed by atoms with Gasteiger partial charge in [0.25, 0.3) is 0 Å². The highest BCUT2D eigenvalue weighted by atomic mass is 32.1. The number of carboxylic acid groups (broad SMARTS) is 1. The zero-order valence-electron chi connectivity index (χ0n) is 11.0. The molecule has 1 aromatic heterocycles. The third kappa shape index (κ3) is 3.10. The number of likely N-dealkylation sites (tertiary alicyclic amines) is 1. The van der Waals surface area contributed by atoms with Gasteiger partial charge in [-0.05, 0) is 32.4 Å². The minimum absolute atomic E-state index is 0.207. The monoisotopic (exact) mass is 269 g/mol. The Hall–Kier alpha value is -0.910. The lowest BCUT2D eigenvalue weighted by Gasteiger charge is -2.47. The van der Waals surface area contributed by atoms with Gasteiger partial charge in [-0.15, -0.1) is 11.3 Å². The Morgan fingerprint density at radius 3 is 2.72 bits per heavy atom. The molecule has 0 aliphatic carbocycles. The van der Waals surface area contributed by atoms with E-state index in [0.29, 0.717) is 0 Å². The van der Waals surface area contributed by atoms with Crippen LogP contribution in [0.4, 0.5) is 0 Å². The largest absolute Gasteiger partial charge is 0.480 e. The fraction of sp³-hybridized carbons (Fsp3) is 0.615. The van der Waals surface area contributed by atoms with E-state index < -0.39 is 5.97 Å². The number of carboxylic acids is 1. The summed E-state index contributed by atoms with van der Waals surface area (Å²) in [5.41, 5.74) is 1.08. The van der Waals surface area contributed by atoms with E-state index in [1.807, 2.05) is 18.3 Å². The SMILES string of the molecule is Cc1cc(CN2CC(C)(OCC(=O)O)C2)c(C)s1. The van der Waals surface area contributed by atoms with Crippen LogP contribution < -0.4 is 0 Å². The van der Waals surface area contributed by atoms with E-state index in [9.17, 15) is 4.79 Å². The average Bonchev–Trinajstić information content (AvgIpc) is 2.52. The molecule has 2 heterocycles. The zero-order valence-corrected chi connectivity index (χ0v) is 11.8. The molecule has 4 nitrogen and oxygen atoms in total. The maximum absolute atomic E-state index is 10.5. The molecule has 0 aromatic carbocycles. The summed E-state index contributed by atoms with van der Waals surface area (Å²) in [4.78, 5) is 15.5. The summed E-state index contributed by atoms with van der Waals surface area (Å²) < 4.78 is 5.39. The van der Waals surface area contributed by atoms with Crippen LogP contribution in [0.1, 0.15) is 22.2 Å². The van der Waals surface area contributed by atoms with E-state index in [-0.39, 0.29) is 12.2 Å². The molecule has 1 N–H and O–H groups in total. The van der Waals surface area contributed by atoms with Crippen LogP contribution >= 0.6 is 11.3 Å². The Bertz CT molecular complexity index is 449. The summed E-state index contributed by atoms with van der Waals surface area (Å²) in [5.74, 6) is -0.904. The van der Waals surface area contributed by atoms with Crippen molar-refractivity contribution in [1.29, 1.82) is 0 Å². The molecule has 18 heavy (non-hydrogen) atoms. The van der Waals surface area contributed by atoms with Gasteiger partial charge in [-0.3, -0.25) is 4.90 Å². The first kappa shape index (κ1) is 13.5. The number of aryl methyl sites for hydroxylation is 2. The van der Waals surface area contributed by atoms with Gasteiger partial charge in [0, 0.05) is 29.4 Å². The first-order valence-corrected chi connectivity index (χ1v) is 6.84. The second-order valence-electron chi connectivity index (χ2n) is 5.22. The lowest BCUT2D eigenvalue weighted by atomic mass is 9.95. The molecule has 1 aliphatic heterocycles. The highest BCUT2D eigenvalue weighted by Crippen LogP contribution is 2.29. The van der Waals surface area contributed by atoms with Gasteiger partial charge < -0.3 is 9.84 Å². The van der Waals surface area contributed by atoms with E-state index in [4.69, 9.17) is 9.84 Å². The fourth-order valence-corrected chi connectivity index (χ4v) is 3.36. The highest BCUT2D eigenvalue weighted by Gasteiger charge is 2.40. The van der Waals surface area contributed by atoms with Crippen molar-refractivity contribution in [2.75, 3.05) is 19.7 Å². The molecule has 0 spiro atoms. The van der Waals surface area contributed by atoms with Gasteiger partial charge in [0.2, 0.25) is 0 Å². The quantitative estimate of drug-likeness (QED) is 0.888. The van der Waals surface area contributed by atoms with Crippen LogP contribution in [0.2, 0.25) is 0 Å². The second-order valence-corrected chi connectivity index (χ2v) is 6.68. The maximum Gasteiger partial charge on any atom is 0.329 e. The summed E-state index contributed by atoms with van der Waals surface area (Å²) in [6, 6.07) is 2.23. The maximum atomic E-state index is 10.5. The molecular formula is C13H19NO3S. The Morgan fingerprint density at radius 1 is 1.56 bits per heavy atom. The molecule has 1 aromatic rings. The molecule has 1 aliphatic rings. The third-order valence-corrected chi connectivity index (χ3v) is 4.21. The molecular weight excluding hydrogens is 250 g/mol. The molecule has 1 saturated heterocycles. The number of carbonyl (C=O) groups is 1. The average molecular weight is 269 g/mol. The number of aliphatic carboxylic acids is 1. The minimum Gasteiger partial charge on any atom is -0.480 e. The summed E-state index contributed by atoms with van der Waals surface area (Å²) in [5, 5.41) is 8.60. The van der Waals surface area contributed by atoms with Crippen molar-refractivity contribution in [3.8, 4) is 0 Å². The van der Waals surface area contributed by atoms with Crippen LogP contribution in [-0.4, -0.2) is 41.3 Å². The van der Waals surface area contributed by atoms with Crippen molar-refractivity contribution in [2.24, 2.45) is 0 Å². The topological polar surface area (TPSA) is 49.8 Å². The summed E-state index contributed by atoms with van der Waals surface area (Å²) in [7, 11) is 0. The van der Waals surface area contributed by atoms with Crippen molar-refractivity contribution >= 4 is 17.3 Å². The van der Waals surface area contributed by atoms with Crippen LogP contribution in [0, 0.1) is 13.8 Å². The smallest absolute Gasteiger partial charge is 0.329 e. The van der Waals surface area contributed by atoms with Gasteiger partial charge in [0.1, 0.15) is 6.61 Å². The van der Waals surface area contributed by atoms with Crippen molar-refractivity contribution in [2.45, 2.75) is 32.9 Å². The molecule has 0 saturated carbocycles. The second kappa shape index (κ2) is 4.99. The predicted octanol–water partition coefficient (Wildman–Crippen LogP) is 2.04. The van der Waals surface area contributed by atoms with Crippen LogP contribution in [0.3, 0.4) is 0 Å².